The van der Waals surface area contributed by atoms with E-state index in [1.807, 2.05) is 36.9 Å². The van der Waals surface area contributed by atoms with Gasteiger partial charge in [0.15, 0.2) is 0 Å². The van der Waals surface area contributed by atoms with Crippen molar-refractivity contribution in [3.8, 4) is 0 Å². The van der Waals surface area contributed by atoms with Gasteiger partial charge in [-0.2, -0.15) is 0 Å². The van der Waals surface area contributed by atoms with E-state index in [9.17, 15) is 0 Å². The Hall–Kier alpha value is -6.26. The van der Waals surface area contributed by atoms with Gasteiger partial charge in [-0.3, -0.25) is 9.98 Å². The van der Waals surface area contributed by atoms with Crippen LogP contribution in [0.3, 0.4) is 0 Å². The summed E-state index contributed by atoms with van der Waals surface area (Å²) in [5.41, 5.74) is 15.0. The number of aromatic nitrogens is 1. The Morgan fingerprint density at radius 2 is 1.40 bits per heavy atom. The largest absolute Gasteiger partial charge is 0.269 e. The van der Waals surface area contributed by atoms with Gasteiger partial charge in [0.1, 0.15) is 5.84 Å². The molecule has 0 amide bonds. The number of hydrogen-bond donors (Lipinski definition) is 0. The van der Waals surface area contributed by atoms with Gasteiger partial charge in [-0.1, -0.05) is 127 Å². The Bertz CT molecular complexity index is 2480. The Morgan fingerprint density at radius 3 is 2.26 bits per heavy atom. The summed E-state index contributed by atoms with van der Waals surface area (Å²) in [7, 11) is 0. The maximum Gasteiger partial charge on any atom is 0.136 e. The Morgan fingerprint density at radius 1 is 0.614 bits per heavy atom. The number of rotatable bonds is 8. The van der Waals surface area contributed by atoms with Crippen LogP contribution >= 0.6 is 0 Å². The van der Waals surface area contributed by atoms with E-state index in [0.29, 0.717) is 11.8 Å². The monoisotopic (exact) mass is 740 g/mol. The molecule has 57 heavy (non-hydrogen) atoms. The molecular weight excluding hydrogens is 693 g/mol. The normalized spacial score (nSPS) is 26.3. The van der Waals surface area contributed by atoms with E-state index in [4.69, 9.17) is 9.98 Å². The van der Waals surface area contributed by atoms with Crippen molar-refractivity contribution in [1.82, 2.24) is 4.98 Å². The first-order valence-corrected chi connectivity index (χ1v) is 20.5. The molecule has 3 aliphatic carbocycles. The highest BCUT2D eigenvalue weighted by atomic mass is 15.0. The number of benzene rings is 3. The van der Waals surface area contributed by atoms with Gasteiger partial charge >= 0.3 is 0 Å². The van der Waals surface area contributed by atoms with Crippen LogP contribution in [-0.2, 0) is 0 Å². The van der Waals surface area contributed by atoms with Crippen molar-refractivity contribution >= 4 is 34.6 Å². The zero-order valence-electron chi connectivity index (χ0n) is 32.6. The molecule has 9 rings (SSSR count). The predicted molar refractivity (Wildman–Crippen MR) is 239 cm³/mol. The number of amidine groups is 1. The minimum Gasteiger partial charge on any atom is -0.269 e. The van der Waals surface area contributed by atoms with Gasteiger partial charge in [-0.05, 0) is 120 Å². The average Bonchev–Trinajstić information content (AvgIpc) is 3.29. The molecule has 0 spiro atoms. The first kappa shape index (κ1) is 36.4. The predicted octanol–water partition coefficient (Wildman–Crippen LogP) is 12.9. The maximum absolute atomic E-state index is 5.38. The van der Waals surface area contributed by atoms with E-state index in [1.165, 1.54) is 44.5 Å². The zero-order valence-corrected chi connectivity index (χ0v) is 32.6. The van der Waals surface area contributed by atoms with Crippen molar-refractivity contribution in [2.75, 3.05) is 0 Å². The topological polar surface area (TPSA) is 50.0 Å². The average molecular weight is 741 g/mol. The van der Waals surface area contributed by atoms with Crippen LogP contribution in [0.2, 0.25) is 0 Å². The fourth-order valence-electron chi connectivity index (χ4n) is 8.67. The fourth-order valence-corrected chi connectivity index (χ4v) is 8.67. The smallest absolute Gasteiger partial charge is 0.136 e. The molecule has 0 fully saturated rings. The second kappa shape index (κ2) is 16.9. The number of aliphatic imine (C=N–C) groups is 3. The van der Waals surface area contributed by atoms with Crippen LogP contribution in [0, 0.1) is 11.8 Å². The molecule has 1 aromatic heterocycles. The van der Waals surface area contributed by atoms with Crippen LogP contribution in [-0.4, -0.2) is 22.7 Å². The lowest BCUT2D eigenvalue weighted by atomic mass is 9.80. The summed E-state index contributed by atoms with van der Waals surface area (Å²) in [6, 6.07) is 33.2. The fraction of sp³-hybridized carbons (Fsp3) is 0.208. The summed E-state index contributed by atoms with van der Waals surface area (Å²) < 4.78 is 0. The van der Waals surface area contributed by atoms with Gasteiger partial charge in [0.05, 0.1) is 11.4 Å². The molecule has 4 aromatic rings. The third-order valence-corrected chi connectivity index (χ3v) is 11.9. The molecule has 3 aromatic carbocycles. The van der Waals surface area contributed by atoms with Crippen molar-refractivity contribution in [1.29, 1.82) is 0 Å². The summed E-state index contributed by atoms with van der Waals surface area (Å²) in [5.74, 6) is 2.00. The third-order valence-electron chi connectivity index (χ3n) is 11.9. The van der Waals surface area contributed by atoms with E-state index >= 15 is 0 Å². The quantitative estimate of drug-likeness (QED) is 0.177. The first-order valence-electron chi connectivity index (χ1n) is 20.5. The molecule has 0 bridgehead atoms. The lowest BCUT2D eigenvalue weighted by Gasteiger charge is -2.25. The van der Waals surface area contributed by atoms with Gasteiger partial charge in [0, 0.05) is 54.0 Å². The van der Waals surface area contributed by atoms with Crippen LogP contribution in [0.25, 0.3) is 16.8 Å². The highest BCUT2D eigenvalue weighted by molar-refractivity contribution is 6.10. The van der Waals surface area contributed by atoms with E-state index in [2.05, 4.69) is 157 Å². The lowest BCUT2D eigenvalue weighted by Crippen LogP contribution is -2.17. The number of hydrogen-bond acceptors (Lipinski definition) is 4. The van der Waals surface area contributed by atoms with Crippen molar-refractivity contribution in [2.24, 2.45) is 26.8 Å². The lowest BCUT2D eigenvalue weighted by molar-refractivity contribution is 0.754. The molecule has 4 heteroatoms. The summed E-state index contributed by atoms with van der Waals surface area (Å²) in [6.45, 7) is 2.23. The van der Waals surface area contributed by atoms with E-state index in [1.54, 1.807) is 0 Å². The highest BCUT2D eigenvalue weighted by Crippen LogP contribution is 2.39. The van der Waals surface area contributed by atoms with Crippen molar-refractivity contribution < 1.29 is 0 Å². The number of pyridine rings is 1. The SMILES string of the molecule is C/C1=C(c2cccc(C3C=C(c4cccc(C5=CC=CC(C6=CC(c7ccccc7)CC=C6)C5)c4)C=CC3)c2)/N=C(C2C=CN=CC2)\N=C(\c2ccncc2)CC1. The zero-order chi connectivity index (χ0) is 38.4. The molecule has 4 unspecified atom stereocenters. The molecule has 280 valence electrons. The van der Waals surface area contributed by atoms with E-state index in [-0.39, 0.29) is 11.8 Å². The Balaban J connectivity index is 0.963. The first-order chi connectivity index (χ1) is 28.1. The molecule has 0 saturated carbocycles. The van der Waals surface area contributed by atoms with Gasteiger partial charge < -0.3 is 0 Å². The second-order valence-electron chi connectivity index (χ2n) is 15.7. The Kier molecular flexibility index (Phi) is 10.8. The van der Waals surface area contributed by atoms with Crippen LogP contribution in [0.15, 0.2) is 196 Å². The molecular formula is C53H48N4. The summed E-state index contributed by atoms with van der Waals surface area (Å²) in [5, 5.41) is 0. The minimum absolute atomic E-state index is 0.0765. The molecule has 4 atom stereocenters. The van der Waals surface area contributed by atoms with Crippen molar-refractivity contribution in [2.45, 2.75) is 57.3 Å². The molecule has 2 aliphatic heterocycles. The van der Waals surface area contributed by atoms with Crippen LogP contribution in [0.1, 0.15) is 90.7 Å². The minimum atomic E-state index is 0.0765. The van der Waals surface area contributed by atoms with Crippen LogP contribution < -0.4 is 0 Å². The van der Waals surface area contributed by atoms with Gasteiger partial charge in [-0.25, -0.2) is 9.98 Å². The second-order valence-corrected chi connectivity index (χ2v) is 15.7. The van der Waals surface area contributed by atoms with Gasteiger partial charge in [-0.15, -0.1) is 0 Å². The number of allylic oxidation sites excluding steroid dienone is 13. The molecule has 0 saturated heterocycles. The molecule has 0 N–H and O–H groups in total. The van der Waals surface area contributed by atoms with Gasteiger partial charge in [0.25, 0.3) is 0 Å². The molecule has 0 radical (unpaired) electrons. The van der Waals surface area contributed by atoms with Crippen LogP contribution in [0.4, 0.5) is 0 Å². The van der Waals surface area contributed by atoms with Crippen molar-refractivity contribution in [3.63, 3.8) is 0 Å². The summed E-state index contributed by atoms with van der Waals surface area (Å²) >= 11 is 0. The Labute approximate surface area is 337 Å². The molecule has 4 nitrogen and oxygen atoms in total. The summed E-state index contributed by atoms with van der Waals surface area (Å²) in [4.78, 5) is 19.2. The van der Waals surface area contributed by atoms with Crippen molar-refractivity contribution in [3.05, 3.63) is 215 Å². The number of nitrogens with zero attached hydrogens (tertiary/aromatic N) is 4. The van der Waals surface area contributed by atoms with E-state index < -0.39 is 0 Å². The highest BCUT2D eigenvalue weighted by Gasteiger charge is 2.23. The summed E-state index contributed by atoms with van der Waals surface area (Å²) in [6.07, 6.45) is 36.4. The van der Waals surface area contributed by atoms with Gasteiger partial charge in [0.2, 0.25) is 0 Å². The molecule has 3 heterocycles. The van der Waals surface area contributed by atoms with E-state index in [0.717, 1.165) is 66.9 Å². The molecule has 5 aliphatic rings. The third kappa shape index (κ3) is 8.32. The standard InChI is InChI=1S/C53H48N4/c1-37-22-23-51(39-24-28-54-29-25-39)56-53(40-26-30-55-31-27-40)57-52(37)50-21-9-20-49(36-50)48-19-8-18-47(35-48)46-17-7-16-45(34-46)44-15-6-14-43(33-44)42-13-5-12-41(32-42)38-10-3-2-4-11-38/h2-11,13-18,20-21,24-26,28-32,34-36,40-41,43,48H,12,19,22-23,27,33H2,1H3/b52-37-,56-51+,57-53-. The van der Waals surface area contributed by atoms with Crippen LogP contribution in [0.5, 0.6) is 0 Å². The maximum atomic E-state index is 5.38.